The number of nitrogens with one attached hydrogen (secondary N) is 1. The molecule has 1 rings (SSSR count). The maximum atomic E-state index is 11.6. The standard InChI is InChI=1S/C10H18BrNO2/c1-8(6-11)7-12-10(13)9-2-4-14-5-3-9/h8-9H,2-7H2,1H3,(H,12,13). The van der Waals surface area contributed by atoms with Crippen molar-refractivity contribution in [2.75, 3.05) is 25.1 Å². The van der Waals surface area contributed by atoms with Crippen molar-refractivity contribution < 1.29 is 9.53 Å². The summed E-state index contributed by atoms with van der Waals surface area (Å²) in [5, 5.41) is 3.91. The van der Waals surface area contributed by atoms with Gasteiger partial charge in [-0.3, -0.25) is 4.79 Å². The Hall–Kier alpha value is -0.0900. The van der Waals surface area contributed by atoms with Crippen molar-refractivity contribution in [1.29, 1.82) is 0 Å². The maximum Gasteiger partial charge on any atom is 0.223 e. The van der Waals surface area contributed by atoms with Gasteiger partial charge < -0.3 is 10.1 Å². The van der Waals surface area contributed by atoms with Crippen LogP contribution in [0.2, 0.25) is 0 Å². The lowest BCUT2D eigenvalue weighted by molar-refractivity contribution is -0.127. The predicted octanol–water partition coefficient (Wildman–Crippen LogP) is 1.56. The van der Waals surface area contributed by atoms with Gasteiger partial charge in [0.25, 0.3) is 0 Å². The van der Waals surface area contributed by atoms with Crippen molar-refractivity contribution in [3.63, 3.8) is 0 Å². The molecule has 82 valence electrons. The summed E-state index contributed by atoms with van der Waals surface area (Å²) in [6.07, 6.45) is 1.74. The SMILES string of the molecule is CC(CBr)CNC(=O)C1CCOCC1. The van der Waals surface area contributed by atoms with Crippen LogP contribution in [-0.2, 0) is 9.53 Å². The fourth-order valence-corrected chi connectivity index (χ4v) is 1.66. The number of carbonyl (C=O) groups is 1. The largest absolute Gasteiger partial charge is 0.381 e. The number of hydrogen-bond acceptors (Lipinski definition) is 2. The first-order valence-corrected chi connectivity index (χ1v) is 6.27. The van der Waals surface area contributed by atoms with E-state index in [2.05, 4.69) is 28.2 Å². The summed E-state index contributed by atoms with van der Waals surface area (Å²) in [7, 11) is 0. The van der Waals surface area contributed by atoms with Crippen molar-refractivity contribution >= 4 is 21.8 Å². The summed E-state index contributed by atoms with van der Waals surface area (Å²) in [4.78, 5) is 11.6. The minimum atomic E-state index is 0.172. The van der Waals surface area contributed by atoms with Crippen LogP contribution in [0.25, 0.3) is 0 Å². The summed E-state index contributed by atoms with van der Waals surface area (Å²) < 4.78 is 5.21. The molecule has 0 saturated carbocycles. The summed E-state index contributed by atoms with van der Waals surface area (Å²) in [5.74, 6) is 0.867. The van der Waals surface area contributed by atoms with E-state index in [1.54, 1.807) is 0 Å². The monoisotopic (exact) mass is 263 g/mol. The molecule has 0 aliphatic carbocycles. The molecule has 1 N–H and O–H groups in total. The summed E-state index contributed by atoms with van der Waals surface area (Å²) in [6.45, 7) is 4.33. The number of carbonyl (C=O) groups excluding carboxylic acids is 1. The zero-order valence-corrected chi connectivity index (χ0v) is 10.2. The topological polar surface area (TPSA) is 38.3 Å². The van der Waals surface area contributed by atoms with Gasteiger partial charge in [0.1, 0.15) is 0 Å². The first kappa shape index (κ1) is 12.0. The molecule has 1 amide bonds. The molecule has 1 atom stereocenters. The molecule has 1 saturated heterocycles. The van der Waals surface area contributed by atoms with E-state index in [-0.39, 0.29) is 11.8 Å². The second-order valence-electron chi connectivity index (χ2n) is 3.89. The molecule has 0 spiro atoms. The molecule has 0 radical (unpaired) electrons. The van der Waals surface area contributed by atoms with E-state index in [1.807, 2.05) is 0 Å². The third kappa shape index (κ3) is 3.96. The lowest BCUT2D eigenvalue weighted by atomic mass is 9.99. The van der Waals surface area contributed by atoms with E-state index in [9.17, 15) is 4.79 Å². The van der Waals surface area contributed by atoms with Crippen LogP contribution in [0.3, 0.4) is 0 Å². The Bertz CT molecular complexity index is 181. The molecule has 0 aromatic heterocycles. The van der Waals surface area contributed by atoms with Gasteiger partial charge in [0.15, 0.2) is 0 Å². The van der Waals surface area contributed by atoms with E-state index in [0.717, 1.165) is 37.9 Å². The number of hydrogen-bond donors (Lipinski definition) is 1. The van der Waals surface area contributed by atoms with Gasteiger partial charge in [-0.25, -0.2) is 0 Å². The highest BCUT2D eigenvalue weighted by Gasteiger charge is 2.21. The molecular weight excluding hydrogens is 246 g/mol. The molecular formula is C10H18BrNO2. The minimum Gasteiger partial charge on any atom is -0.381 e. The van der Waals surface area contributed by atoms with E-state index in [1.165, 1.54) is 0 Å². The van der Waals surface area contributed by atoms with Crippen molar-refractivity contribution in [3.8, 4) is 0 Å². The van der Waals surface area contributed by atoms with Gasteiger partial charge in [0.05, 0.1) is 0 Å². The maximum absolute atomic E-state index is 11.6. The Morgan fingerprint density at radius 3 is 2.79 bits per heavy atom. The molecule has 0 aromatic rings. The molecule has 4 heteroatoms. The highest BCUT2D eigenvalue weighted by atomic mass is 79.9. The van der Waals surface area contributed by atoms with Crippen LogP contribution in [0.5, 0.6) is 0 Å². The Kier molecular flexibility index (Phi) is 5.48. The van der Waals surface area contributed by atoms with Crippen molar-refractivity contribution in [2.45, 2.75) is 19.8 Å². The quantitative estimate of drug-likeness (QED) is 0.782. The summed E-state index contributed by atoms with van der Waals surface area (Å²) in [6, 6.07) is 0. The highest BCUT2D eigenvalue weighted by molar-refractivity contribution is 9.09. The predicted molar refractivity (Wildman–Crippen MR) is 59.5 cm³/mol. The first-order valence-electron chi connectivity index (χ1n) is 5.15. The average molecular weight is 264 g/mol. The summed E-state index contributed by atoms with van der Waals surface area (Å²) >= 11 is 3.39. The Balaban J connectivity index is 2.19. The van der Waals surface area contributed by atoms with Crippen molar-refractivity contribution in [3.05, 3.63) is 0 Å². The van der Waals surface area contributed by atoms with Crippen molar-refractivity contribution in [2.24, 2.45) is 11.8 Å². The number of amides is 1. The van der Waals surface area contributed by atoms with E-state index < -0.39 is 0 Å². The lowest BCUT2D eigenvalue weighted by Gasteiger charge is -2.21. The van der Waals surface area contributed by atoms with Crippen molar-refractivity contribution in [1.82, 2.24) is 5.32 Å². The molecule has 3 nitrogen and oxygen atoms in total. The number of halogens is 1. The van der Waals surface area contributed by atoms with Gasteiger partial charge in [-0.1, -0.05) is 22.9 Å². The van der Waals surface area contributed by atoms with Crippen LogP contribution in [0.1, 0.15) is 19.8 Å². The highest BCUT2D eigenvalue weighted by Crippen LogP contribution is 2.14. The number of rotatable bonds is 4. The minimum absolute atomic E-state index is 0.172. The van der Waals surface area contributed by atoms with Crippen LogP contribution < -0.4 is 5.32 Å². The van der Waals surface area contributed by atoms with E-state index in [0.29, 0.717) is 5.92 Å². The van der Waals surface area contributed by atoms with Crippen LogP contribution in [0.15, 0.2) is 0 Å². The summed E-state index contributed by atoms with van der Waals surface area (Å²) in [5.41, 5.74) is 0. The number of ether oxygens (including phenoxy) is 1. The molecule has 1 aliphatic rings. The Labute approximate surface area is 93.7 Å². The second kappa shape index (κ2) is 6.40. The third-order valence-corrected chi connectivity index (χ3v) is 3.59. The number of alkyl halides is 1. The van der Waals surface area contributed by atoms with Gasteiger partial charge in [0, 0.05) is 31.0 Å². The van der Waals surface area contributed by atoms with Gasteiger partial charge in [-0.15, -0.1) is 0 Å². The molecule has 0 bridgehead atoms. The molecule has 14 heavy (non-hydrogen) atoms. The zero-order chi connectivity index (χ0) is 10.4. The smallest absolute Gasteiger partial charge is 0.223 e. The average Bonchev–Trinajstić information content (AvgIpc) is 2.26. The molecule has 1 aliphatic heterocycles. The van der Waals surface area contributed by atoms with Gasteiger partial charge in [-0.2, -0.15) is 0 Å². The molecule has 1 unspecified atom stereocenters. The molecule has 1 heterocycles. The third-order valence-electron chi connectivity index (χ3n) is 2.48. The van der Waals surface area contributed by atoms with Gasteiger partial charge in [-0.05, 0) is 18.8 Å². The fourth-order valence-electron chi connectivity index (χ4n) is 1.43. The van der Waals surface area contributed by atoms with E-state index in [4.69, 9.17) is 4.74 Å². The molecule has 0 aromatic carbocycles. The van der Waals surface area contributed by atoms with Crippen LogP contribution in [0, 0.1) is 11.8 Å². The van der Waals surface area contributed by atoms with E-state index >= 15 is 0 Å². The first-order chi connectivity index (χ1) is 6.74. The Morgan fingerprint density at radius 2 is 2.21 bits per heavy atom. The van der Waals surface area contributed by atoms with Crippen LogP contribution >= 0.6 is 15.9 Å². The van der Waals surface area contributed by atoms with Crippen LogP contribution in [0.4, 0.5) is 0 Å². The fraction of sp³-hybridized carbons (Fsp3) is 0.900. The van der Waals surface area contributed by atoms with Gasteiger partial charge in [0.2, 0.25) is 5.91 Å². The van der Waals surface area contributed by atoms with Gasteiger partial charge >= 0.3 is 0 Å². The normalized spacial score (nSPS) is 20.4. The lowest BCUT2D eigenvalue weighted by Crippen LogP contribution is -2.36. The zero-order valence-electron chi connectivity index (χ0n) is 8.59. The molecule has 1 fully saturated rings. The van der Waals surface area contributed by atoms with Crippen LogP contribution in [-0.4, -0.2) is 31.0 Å². The second-order valence-corrected chi connectivity index (χ2v) is 4.54. The Morgan fingerprint density at radius 1 is 1.57 bits per heavy atom.